The molecule has 0 unspecified atom stereocenters. The van der Waals surface area contributed by atoms with E-state index in [0.717, 1.165) is 71.7 Å². The van der Waals surface area contributed by atoms with Crippen LogP contribution in [-0.4, -0.2) is 15.0 Å². The Labute approximate surface area is 352 Å². The van der Waals surface area contributed by atoms with Gasteiger partial charge in [0.15, 0.2) is 17.5 Å². The summed E-state index contributed by atoms with van der Waals surface area (Å²) in [4.78, 5) is 15.4. The van der Waals surface area contributed by atoms with Crippen molar-refractivity contribution in [2.24, 2.45) is 0 Å². The summed E-state index contributed by atoms with van der Waals surface area (Å²) in [6, 6.07) is 74.9. The zero-order valence-corrected chi connectivity index (χ0v) is 33.0. The number of furan rings is 1. The van der Waals surface area contributed by atoms with Gasteiger partial charge in [-0.05, 0) is 108 Å². The van der Waals surface area contributed by atoms with Crippen LogP contribution in [0.15, 0.2) is 217 Å². The molecule has 0 aliphatic rings. The van der Waals surface area contributed by atoms with Crippen molar-refractivity contribution in [3.8, 4) is 67.5 Å². The van der Waals surface area contributed by atoms with Crippen LogP contribution in [0.2, 0.25) is 0 Å². The van der Waals surface area contributed by atoms with Crippen molar-refractivity contribution in [1.29, 1.82) is 0 Å². The molecule has 4 nitrogen and oxygen atoms in total. The van der Waals surface area contributed by atoms with Crippen LogP contribution in [0.1, 0.15) is 0 Å². The molecule has 284 valence electrons. The molecule has 0 aliphatic carbocycles. The normalized spacial score (nSPS) is 11.6. The lowest BCUT2D eigenvalue weighted by Crippen LogP contribution is -2.00. The smallest absolute Gasteiger partial charge is 0.164 e. The number of hydrogen-bond acceptors (Lipinski definition) is 4. The summed E-state index contributed by atoms with van der Waals surface area (Å²) in [5, 5.41) is 9.36. The Morgan fingerprint density at radius 1 is 0.246 bits per heavy atom. The minimum absolute atomic E-state index is 0.609. The highest BCUT2D eigenvalue weighted by atomic mass is 16.3. The molecule has 0 spiro atoms. The number of fused-ring (bicyclic) bond motifs is 6. The summed E-state index contributed by atoms with van der Waals surface area (Å²) in [6.45, 7) is 0. The van der Waals surface area contributed by atoms with Crippen molar-refractivity contribution in [3.63, 3.8) is 0 Å². The fourth-order valence-electron chi connectivity index (χ4n) is 8.80. The van der Waals surface area contributed by atoms with E-state index in [0.29, 0.717) is 17.5 Å². The largest absolute Gasteiger partial charge is 0.456 e. The fourth-order valence-corrected chi connectivity index (χ4v) is 8.80. The molecule has 0 atom stereocenters. The van der Waals surface area contributed by atoms with Crippen LogP contribution in [-0.2, 0) is 0 Å². The summed E-state index contributed by atoms with van der Waals surface area (Å²) in [7, 11) is 0. The molecule has 12 rings (SSSR count). The zero-order valence-electron chi connectivity index (χ0n) is 33.0. The van der Waals surface area contributed by atoms with Crippen molar-refractivity contribution in [1.82, 2.24) is 15.0 Å². The second kappa shape index (κ2) is 14.3. The van der Waals surface area contributed by atoms with E-state index in [1.165, 1.54) is 32.7 Å². The van der Waals surface area contributed by atoms with E-state index in [2.05, 4.69) is 170 Å². The van der Waals surface area contributed by atoms with Gasteiger partial charge in [-0.25, -0.2) is 15.0 Å². The van der Waals surface area contributed by atoms with Crippen molar-refractivity contribution in [2.45, 2.75) is 0 Å². The highest BCUT2D eigenvalue weighted by Gasteiger charge is 2.18. The summed E-state index contributed by atoms with van der Waals surface area (Å²) >= 11 is 0. The maximum atomic E-state index is 6.40. The second-order valence-electron chi connectivity index (χ2n) is 15.6. The standard InChI is InChI=1S/C57H35N3O/c1-2-13-38(14-3-1)55-58-56(45-26-21-36-11-4-5-15-39(36)33-45)60-57(59-55)46-28-29-49(44-27-30-51-50-18-8-9-20-53(50)61-54(51)35-44)52(34-46)43-25-23-40-31-42(24-22-41(40)32-43)48-19-10-16-37-12-6-7-17-47(37)48/h1-35H. The van der Waals surface area contributed by atoms with Crippen molar-refractivity contribution >= 4 is 54.3 Å². The van der Waals surface area contributed by atoms with Gasteiger partial charge in [0, 0.05) is 27.5 Å². The van der Waals surface area contributed by atoms with E-state index in [1.807, 2.05) is 42.5 Å². The number of nitrogens with zero attached hydrogens (tertiary/aromatic N) is 3. The number of aromatic nitrogens is 3. The van der Waals surface area contributed by atoms with E-state index < -0.39 is 0 Å². The Hall–Kier alpha value is -8.21. The molecule has 2 aromatic heterocycles. The topological polar surface area (TPSA) is 51.8 Å². The third kappa shape index (κ3) is 6.21. The Morgan fingerprint density at radius 3 is 1.56 bits per heavy atom. The molecular formula is C57H35N3O. The van der Waals surface area contributed by atoms with Crippen molar-refractivity contribution < 1.29 is 4.42 Å². The lowest BCUT2D eigenvalue weighted by molar-refractivity contribution is 0.669. The number of hydrogen-bond donors (Lipinski definition) is 0. The summed E-state index contributed by atoms with van der Waals surface area (Å²) in [6.07, 6.45) is 0. The molecular weight excluding hydrogens is 743 g/mol. The summed E-state index contributed by atoms with van der Waals surface area (Å²) < 4.78 is 6.40. The molecule has 0 fully saturated rings. The molecule has 61 heavy (non-hydrogen) atoms. The maximum absolute atomic E-state index is 6.40. The third-order valence-corrected chi connectivity index (χ3v) is 11.9. The van der Waals surface area contributed by atoms with E-state index in [9.17, 15) is 0 Å². The molecule has 12 aromatic rings. The van der Waals surface area contributed by atoms with Gasteiger partial charge in [-0.1, -0.05) is 170 Å². The Morgan fingerprint density at radius 2 is 0.754 bits per heavy atom. The lowest BCUT2D eigenvalue weighted by Gasteiger charge is -2.15. The van der Waals surface area contributed by atoms with Gasteiger partial charge in [0.25, 0.3) is 0 Å². The summed E-state index contributed by atoms with van der Waals surface area (Å²) in [5.41, 5.74) is 11.3. The fraction of sp³-hybridized carbons (Fsp3) is 0. The molecule has 10 aromatic carbocycles. The van der Waals surface area contributed by atoms with Crippen LogP contribution in [0.4, 0.5) is 0 Å². The van der Waals surface area contributed by atoms with Crippen LogP contribution in [0, 0.1) is 0 Å². The Bertz CT molecular complexity index is 3660. The first kappa shape index (κ1) is 34.8. The average molecular weight is 778 g/mol. The van der Waals surface area contributed by atoms with Gasteiger partial charge in [0.2, 0.25) is 0 Å². The third-order valence-electron chi connectivity index (χ3n) is 11.9. The highest BCUT2D eigenvalue weighted by Crippen LogP contribution is 2.40. The molecule has 0 aliphatic heterocycles. The van der Waals surface area contributed by atoms with Crippen LogP contribution < -0.4 is 0 Å². The molecule has 0 amide bonds. The first-order valence-corrected chi connectivity index (χ1v) is 20.6. The first-order valence-electron chi connectivity index (χ1n) is 20.6. The number of para-hydroxylation sites is 1. The highest BCUT2D eigenvalue weighted by molar-refractivity contribution is 6.07. The van der Waals surface area contributed by atoms with E-state index in [1.54, 1.807) is 0 Å². The van der Waals surface area contributed by atoms with Crippen LogP contribution in [0.3, 0.4) is 0 Å². The Kier molecular flexibility index (Phi) is 8.13. The molecule has 0 saturated heterocycles. The summed E-state index contributed by atoms with van der Waals surface area (Å²) in [5.74, 6) is 1.86. The van der Waals surface area contributed by atoms with E-state index in [4.69, 9.17) is 19.4 Å². The predicted molar refractivity (Wildman–Crippen MR) is 252 cm³/mol. The van der Waals surface area contributed by atoms with Gasteiger partial charge >= 0.3 is 0 Å². The van der Waals surface area contributed by atoms with Crippen LogP contribution in [0.5, 0.6) is 0 Å². The SMILES string of the molecule is c1ccc(-c2nc(-c3ccc(-c4ccc5c(c4)oc4ccccc45)c(-c4ccc5cc(-c6cccc7ccccc67)ccc5c4)c3)nc(-c3ccc4ccccc4c3)n2)cc1. The van der Waals surface area contributed by atoms with Crippen molar-refractivity contribution in [2.75, 3.05) is 0 Å². The molecule has 0 saturated carbocycles. The number of rotatable bonds is 6. The van der Waals surface area contributed by atoms with Gasteiger partial charge in [-0.2, -0.15) is 0 Å². The van der Waals surface area contributed by atoms with Crippen LogP contribution >= 0.6 is 0 Å². The Balaban J connectivity index is 1.03. The van der Waals surface area contributed by atoms with E-state index in [-0.39, 0.29) is 0 Å². The van der Waals surface area contributed by atoms with Gasteiger partial charge in [0.05, 0.1) is 0 Å². The molecule has 2 heterocycles. The average Bonchev–Trinajstić information content (AvgIpc) is 3.71. The maximum Gasteiger partial charge on any atom is 0.164 e. The lowest BCUT2D eigenvalue weighted by atomic mass is 9.90. The molecule has 0 bridgehead atoms. The zero-order chi connectivity index (χ0) is 40.3. The second-order valence-corrected chi connectivity index (χ2v) is 15.6. The van der Waals surface area contributed by atoms with E-state index >= 15 is 0 Å². The quantitative estimate of drug-likeness (QED) is 0.169. The monoisotopic (exact) mass is 777 g/mol. The molecule has 4 heteroatoms. The van der Waals surface area contributed by atoms with Gasteiger partial charge in [-0.15, -0.1) is 0 Å². The van der Waals surface area contributed by atoms with Crippen LogP contribution in [0.25, 0.3) is 122 Å². The predicted octanol–water partition coefficient (Wildman–Crippen LogP) is 15.2. The molecule has 0 N–H and O–H groups in total. The minimum Gasteiger partial charge on any atom is -0.456 e. The van der Waals surface area contributed by atoms with Gasteiger partial charge < -0.3 is 4.42 Å². The molecule has 0 radical (unpaired) electrons. The minimum atomic E-state index is 0.609. The van der Waals surface area contributed by atoms with Crippen molar-refractivity contribution in [3.05, 3.63) is 212 Å². The van der Waals surface area contributed by atoms with Gasteiger partial charge in [-0.3, -0.25) is 0 Å². The van der Waals surface area contributed by atoms with Gasteiger partial charge in [0.1, 0.15) is 11.2 Å². The number of benzene rings is 10. The first-order chi connectivity index (χ1) is 30.2.